The van der Waals surface area contributed by atoms with E-state index in [1.807, 2.05) is 29.2 Å². The summed E-state index contributed by atoms with van der Waals surface area (Å²) >= 11 is 6.18. The van der Waals surface area contributed by atoms with Crippen LogP contribution < -0.4 is 5.32 Å². The van der Waals surface area contributed by atoms with Gasteiger partial charge in [-0.1, -0.05) is 29.8 Å². The van der Waals surface area contributed by atoms with Gasteiger partial charge in [-0.25, -0.2) is 0 Å². The monoisotopic (exact) mass is 390 g/mol. The smallest absolute Gasteiger partial charge is 0.228 e. The Balaban J connectivity index is 1.30. The maximum absolute atomic E-state index is 12.7. The molecule has 1 aromatic carbocycles. The Bertz CT molecular complexity index is 690. The molecule has 2 bridgehead atoms. The van der Waals surface area contributed by atoms with E-state index in [0.29, 0.717) is 42.9 Å². The lowest BCUT2D eigenvalue weighted by Gasteiger charge is -2.39. The van der Waals surface area contributed by atoms with Crippen LogP contribution in [0.25, 0.3) is 0 Å². The molecule has 1 N–H and O–H groups in total. The highest BCUT2D eigenvalue weighted by Crippen LogP contribution is 2.38. The molecule has 4 rings (SSSR count). The van der Waals surface area contributed by atoms with Crippen LogP contribution in [0.15, 0.2) is 24.3 Å². The van der Waals surface area contributed by atoms with Gasteiger partial charge >= 0.3 is 0 Å². The second-order valence-corrected chi connectivity index (χ2v) is 8.49. The van der Waals surface area contributed by atoms with Gasteiger partial charge < -0.3 is 15.0 Å². The number of carbonyl (C=O) groups is 2. The van der Waals surface area contributed by atoms with Crippen LogP contribution in [0.1, 0.15) is 31.2 Å². The molecule has 2 amide bonds. The van der Waals surface area contributed by atoms with Crippen molar-refractivity contribution in [2.24, 2.45) is 17.8 Å². The number of hydrogen-bond donors (Lipinski definition) is 1. The van der Waals surface area contributed by atoms with E-state index < -0.39 is 0 Å². The summed E-state index contributed by atoms with van der Waals surface area (Å²) in [6.07, 6.45) is 4.12. The van der Waals surface area contributed by atoms with Gasteiger partial charge in [0.2, 0.25) is 11.8 Å². The number of nitrogens with zero attached hydrogens (tertiary/aromatic N) is 1. The fraction of sp³-hybridized carbons (Fsp3) is 0.619. The molecule has 0 aromatic heterocycles. The lowest BCUT2D eigenvalue weighted by molar-refractivity contribution is -0.138. The van der Waals surface area contributed by atoms with E-state index in [9.17, 15) is 9.59 Å². The summed E-state index contributed by atoms with van der Waals surface area (Å²) in [6.45, 7) is 2.79. The molecule has 2 heterocycles. The predicted molar refractivity (Wildman–Crippen MR) is 103 cm³/mol. The number of likely N-dealkylation sites (tertiary alicyclic amines) is 1. The second-order valence-electron chi connectivity index (χ2n) is 8.09. The first-order valence-corrected chi connectivity index (χ1v) is 10.4. The van der Waals surface area contributed by atoms with Gasteiger partial charge in [-0.2, -0.15) is 0 Å². The molecule has 3 fully saturated rings. The van der Waals surface area contributed by atoms with E-state index in [-0.39, 0.29) is 23.8 Å². The van der Waals surface area contributed by atoms with Gasteiger partial charge in [0.05, 0.1) is 12.5 Å². The number of carbonyl (C=O) groups excluding carboxylic acids is 2. The van der Waals surface area contributed by atoms with Crippen molar-refractivity contribution < 1.29 is 14.3 Å². The molecule has 1 aliphatic carbocycles. The van der Waals surface area contributed by atoms with Gasteiger partial charge in [0, 0.05) is 37.2 Å². The Hall–Kier alpha value is -1.59. The molecule has 1 aromatic rings. The highest BCUT2D eigenvalue weighted by molar-refractivity contribution is 6.31. The summed E-state index contributed by atoms with van der Waals surface area (Å²) in [6, 6.07) is 7.87. The third kappa shape index (κ3) is 4.14. The number of piperidine rings is 1. The van der Waals surface area contributed by atoms with Gasteiger partial charge in [-0.15, -0.1) is 0 Å². The van der Waals surface area contributed by atoms with Crippen molar-refractivity contribution in [3.05, 3.63) is 34.9 Å². The Morgan fingerprint density at radius 2 is 1.89 bits per heavy atom. The molecular formula is C21H27ClN2O3. The zero-order chi connectivity index (χ0) is 18.8. The number of nitrogens with one attached hydrogen (secondary N) is 1. The Kier molecular flexibility index (Phi) is 5.69. The van der Waals surface area contributed by atoms with Crippen LogP contribution in [0.3, 0.4) is 0 Å². The van der Waals surface area contributed by atoms with Crippen LogP contribution in [0.5, 0.6) is 0 Å². The average molecular weight is 391 g/mol. The number of hydrogen-bond acceptors (Lipinski definition) is 3. The van der Waals surface area contributed by atoms with Crippen molar-refractivity contribution in [1.29, 1.82) is 0 Å². The lowest BCUT2D eigenvalue weighted by Crippen LogP contribution is -2.55. The van der Waals surface area contributed by atoms with Crippen LogP contribution in [0.2, 0.25) is 5.02 Å². The zero-order valence-corrected chi connectivity index (χ0v) is 16.3. The number of fused-ring (bicyclic) bond motifs is 2. The maximum atomic E-state index is 12.7. The van der Waals surface area contributed by atoms with Gasteiger partial charge in [0.1, 0.15) is 0 Å². The van der Waals surface area contributed by atoms with E-state index in [2.05, 4.69) is 5.32 Å². The minimum Gasteiger partial charge on any atom is -0.381 e. The molecule has 3 unspecified atom stereocenters. The Labute approximate surface area is 165 Å². The largest absolute Gasteiger partial charge is 0.381 e. The van der Waals surface area contributed by atoms with E-state index in [1.54, 1.807) is 0 Å². The first kappa shape index (κ1) is 18.8. The van der Waals surface area contributed by atoms with Crippen LogP contribution in [0.4, 0.5) is 0 Å². The maximum Gasteiger partial charge on any atom is 0.228 e. The first-order chi connectivity index (χ1) is 13.1. The van der Waals surface area contributed by atoms with Crippen molar-refractivity contribution >= 4 is 23.4 Å². The number of ether oxygens (including phenoxy) is 1. The van der Waals surface area contributed by atoms with Crippen molar-refractivity contribution in [2.75, 3.05) is 26.3 Å². The molecule has 3 aliphatic rings. The van der Waals surface area contributed by atoms with E-state index in [4.69, 9.17) is 16.3 Å². The first-order valence-electron chi connectivity index (χ1n) is 10.0. The fourth-order valence-corrected chi connectivity index (χ4v) is 5.06. The molecule has 2 aliphatic heterocycles. The van der Waals surface area contributed by atoms with Crippen LogP contribution in [-0.4, -0.2) is 49.1 Å². The molecule has 3 atom stereocenters. The predicted octanol–water partition coefficient (Wildman–Crippen LogP) is 2.66. The Morgan fingerprint density at radius 1 is 1.15 bits per heavy atom. The molecule has 0 radical (unpaired) electrons. The van der Waals surface area contributed by atoms with Crippen LogP contribution >= 0.6 is 11.6 Å². The number of rotatable bonds is 5. The third-order valence-corrected chi connectivity index (χ3v) is 6.70. The van der Waals surface area contributed by atoms with Gasteiger partial charge in [-0.3, -0.25) is 9.59 Å². The molecule has 0 spiro atoms. The SMILES string of the molecule is O=C(CCc1ccccc1Cl)NC1C2CCC1CN(C(=O)C1CCOC1)C2. The average Bonchev–Trinajstić information content (AvgIpc) is 3.27. The van der Waals surface area contributed by atoms with Crippen molar-refractivity contribution in [1.82, 2.24) is 10.2 Å². The fourth-order valence-electron chi connectivity index (χ4n) is 4.83. The van der Waals surface area contributed by atoms with Crippen LogP contribution in [-0.2, 0) is 20.7 Å². The molecular weight excluding hydrogens is 364 g/mol. The van der Waals surface area contributed by atoms with Crippen molar-refractivity contribution in [3.8, 4) is 0 Å². The standard InChI is InChI=1S/C21H27ClN2O3/c22-18-4-2-1-3-14(18)7-8-19(25)23-20-15-5-6-16(20)12-24(11-15)21(26)17-9-10-27-13-17/h1-4,15-17,20H,5-13H2,(H,23,25). The van der Waals surface area contributed by atoms with Crippen molar-refractivity contribution in [2.45, 2.75) is 38.1 Å². The summed E-state index contributed by atoms with van der Waals surface area (Å²) in [7, 11) is 0. The lowest BCUT2D eigenvalue weighted by atomic mass is 9.90. The number of benzene rings is 1. The Morgan fingerprint density at radius 3 is 2.56 bits per heavy atom. The topological polar surface area (TPSA) is 58.6 Å². The highest BCUT2D eigenvalue weighted by Gasteiger charge is 2.45. The van der Waals surface area contributed by atoms with E-state index in [1.165, 1.54) is 0 Å². The quantitative estimate of drug-likeness (QED) is 0.840. The molecule has 5 nitrogen and oxygen atoms in total. The molecule has 27 heavy (non-hydrogen) atoms. The van der Waals surface area contributed by atoms with E-state index >= 15 is 0 Å². The molecule has 1 saturated carbocycles. The minimum atomic E-state index is 0.0335. The van der Waals surface area contributed by atoms with Crippen molar-refractivity contribution in [3.63, 3.8) is 0 Å². The molecule has 6 heteroatoms. The minimum absolute atomic E-state index is 0.0335. The summed E-state index contributed by atoms with van der Waals surface area (Å²) in [5.41, 5.74) is 1.01. The van der Waals surface area contributed by atoms with Crippen LogP contribution in [0, 0.1) is 17.8 Å². The molecule has 146 valence electrons. The summed E-state index contributed by atoms with van der Waals surface area (Å²) in [5.74, 6) is 1.11. The van der Waals surface area contributed by atoms with Gasteiger partial charge in [0.25, 0.3) is 0 Å². The number of halogens is 1. The second kappa shape index (κ2) is 8.19. The number of aryl methyl sites for hydroxylation is 1. The third-order valence-electron chi connectivity index (χ3n) is 6.33. The highest BCUT2D eigenvalue weighted by atomic mass is 35.5. The van der Waals surface area contributed by atoms with E-state index in [0.717, 1.165) is 37.9 Å². The summed E-state index contributed by atoms with van der Waals surface area (Å²) < 4.78 is 5.37. The van der Waals surface area contributed by atoms with Gasteiger partial charge in [-0.05, 0) is 49.1 Å². The molecule has 2 saturated heterocycles. The normalized spacial score (nSPS) is 29.7. The number of amides is 2. The summed E-state index contributed by atoms with van der Waals surface area (Å²) in [4.78, 5) is 27.2. The van der Waals surface area contributed by atoms with Gasteiger partial charge in [0.15, 0.2) is 0 Å². The summed E-state index contributed by atoms with van der Waals surface area (Å²) in [5, 5.41) is 3.97. The zero-order valence-electron chi connectivity index (χ0n) is 15.5.